The number of hydrogen-bond acceptors (Lipinski definition) is 4. The van der Waals surface area contributed by atoms with Crippen molar-refractivity contribution in [3.05, 3.63) is 35.4 Å². The van der Waals surface area contributed by atoms with Crippen LogP contribution in [0.3, 0.4) is 0 Å². The molecular formula is C15H16N2O5. The van der Waals surface area contributed by atoms with Crippen LogP contribution in [-0.2, 0) is 9.59 Å². The van der Waals surface area contributed by atoms with Gasteiger partial charge < -0.3 is 10.0 Å². The average Bonchev–Trinajstić information content (AvgIpc) is 2.72. The number of rotatable bonds is 5. The molecule has 1 heterocycles. The third kappa shape index (κ3) is 2.83. The first-order valence-electron chi connectivity index (χ1n) is 6.75. The summed E-state index contributed by atoms with van der Waals surface area (Å²) >= 11 is 0. The van der Waals surface area contributed by atoms with Gasteiger partial charge in [-0.05, 0) is 12.1 Å². The molecule has 116 valence electrons. The van der Waals surface area contributed by atoms with Gasteiger partial charge in [0, 0.05) is 13.6 Å². The SMILES string of the molecule is CC(CN(C)C(=O)CN1C(=O)c2ccccc2C1=O)C(=O)O. The maximum Gasteiger partial charge on any atom is 0.308 e. The Labute approximate surface area is 127 Å². The van der Waals surface area contributed by atoms with E-state index in [0.717, 1.165) is 4.90 Å². The molecule has 0 aliphatic carbocycles. The first kappa shape index (κ1) is 15.7. The molecule has 7 heteroatoms. The fourth-order valence-corrected chi connectivity index (χ4v) is 2.23. The standard InChI is InChI=1S/C15H16N2O5/c1-9(15(21)22)7-16(2)12(18)8-17-13(19)10-5-3-4-6-11(10)14(17)20/h3-6,9H,7-8H2,1-2H3,(H,21,22). The van der Waals surface area contributed by atoms with Crippen molar-refractivity contribution in [1.29, 1.82) is 0 Å². The van der Waals surface area contributed by atoms with E-state index in [1.54, 1.807) is 12.1 Å². The number of carboxylic acid groups (broad SMARTS) is 1. The zero-order valence-corrected chi connectivity index (χ0v) is 12.3. The van der Waals surface area contributed by atoms with Crippen LogP contribution in [0, 0.1) is 5.92 Å². The van der Waals surface area contributed by atoms with Crippen molar-refractivity contribution in [3.8, 4) is 0 Å². The third-order valence-corrected chi connectivity index (χ3v) is 3.57. The number of imide groups is 1. The van der Waals surface area contributed by atoms with Crippen molar-refractivity contribution in [1.82, 2.24) is 9.80 Å². The zero-order chi connectivity index (χ0) is 16.4. The summed E-state index contributed by atoms with van der Waals surface area (Å²) < 4.78 is 0. The van der Waals surface area contributed by atoms with Crippen molar-refractivity contribution in [2.24, 2.45) is 5.92 Å². The van der Waals surface area contributed by atoms with Crippen LogP contribution < -0.4 is 0 Å². The predicted octanol–water partition coefficient (Wildman–Crippen LogP) is 0.462. The number of amides is 3. The highest BCUT2D eigenvalue weighted by Crippen LogP contribution is 2.22. The second-order valence-corrected chi connectivity index (χ2v) is 5.26. The molecule has 3 amide bonds. The van der Waals surface area contributed by atoms with Crippen LogP contribution in [0.15, 0.2) is 24.3 Å². The van der Waals surface area contributed by atoms with Crippen molar-refractivity contribution < 1.29 is 24.3 Å². The third-order valence-electron chi connectivity index (χ3n) is 3.57. The predicted molar refractivity (Wildman–Crippen MR) is 76.2 cm³/mol. The molecule has 2 rings (SSSR count). The molecule has 1 N–H and O–H groups in total. The molecule has 1 aliphatic rings. The lowest BCUT2D eigenvalue weighted by Gasteiger charge is -2.22. The highest BCUT2D eigenvalue weighted by atomic mass is 16.4. The molecule has 0 spiro atoms. The van der Waals surface area contributed by atoms with Gasteiger partial charge in [0.05, 0.1) is 17.0 Å². The number of aliphatic carboxylic acids is 1. The lowest BCUT2D eigenvalue weighted by molar-refractivity contribution is -0.142. The molecule has 0 bridgehead atoms. The smallest absolute Gasteiger partial charge is 0.308 e. The molecular weight excluding hydrogens is 288 g/mol. The van der Waals surface area contributed by atoms with Crippen molar-refractivity contribution in [3.63, 3.8) is 0 Å². The topological polar surface area (TPSA) is 95.0 Å². The molecule has 1 unspecified atom stereocenters. The molecule has 0 saturated heterocycles. The van der Waals surface area contributed by atoms with Crippen LogP contribution in [-0.4, -0.2) is 58.7 Å². The second-order valence-electron chi connectivity index (χ2n) is 5.26. The molecule has 0 aromatic heterocycles. The Kier molecular flexibility index (Phi) is 4.25. The Balaban J connectivity index is 2.06. The van der Waals surface area contributed by atoms with Crippen molar-refractivity contribution in [2.45, 2.75) is 6.92 Å². The number of fused-ring (bicyclic) bond motifs is 1. The number of hydrogen-bond donors (Lipinski definition) is 1. The maximum absolute atomic E-state index is 12.1. The van der Waals surface area contributed by atoms with E-state index in [9.17, 15) is 19.2 Å². The first-order chi connectivity index (χ1) is 10.3. The summed E-state index contributed by atoms with van der Waals surface area (Å²) in [5.41, 5.74) is 0.559. The maximum atomic E-state index is 12.1. The number of carboxylic acids is 1. The highest BCUT2D eigenvalue weighted by Gasteiger charge is 2.36. The Morgan fingerprint density at radius 2 is 1.68 bits per heavy atom. The van der Waals surface area contributed by atoms with Crippen LogP contribution in [0.2, 0.25) is 0 Å². The fourth-order valence-electron chi connectivity index (χ4n) is 2.23. The highest BCUT2D eigenvalue weighted by molar-refractivity contribution is 6.22. The van der Waals surface area contributed by atoms with E-state index >= 15 is 0 Å². The summed E-state index contributed by atoms with van der Waals surface area (Å²) in [6, 6.07) is 6.37. The number of carbonyl (C=O) groups excluding carboxylic acids is 3. The minimum atomic E-state index is -1.01. The minimum Gasteiger partial charge on any atom is -0.481 e. The van der Waals surface area contributed by atoms with Gasteiger partial charge in [0.2, 0.25) is 5.91 Å². The van der Waals surface area contributed by atoms with Crippen LogP contribution in [0.25, 0.3) is 0 Å². The Bertz CT molecular complexity index is 620. The van der Waals surface area contributed by atoms with Gasteiger partial charge in [0.1, 0.15) is 6.54 Å². The van der Waals surface area contributed by atoms with Crippen LogP contribution in [0.4, 0.5) is 0 Å². The number of carbonyl (C=O) groups is 4. The molecule has 0 radical (unpaired) electrons. The molecule has 0 saturated carbocycles. The van der Waals surface area contributed by atoms with Gasteiger partial charge in [0.25, 0.3) is 11.8 Å². The normalized spacial score (nSPS) is 14.7. The number of likely N-dealkylation sites (N-methyl/N-ethyl adjacent to an activating group) is 1. The summed E-state index contributed by atoms with van der Waals surface area (Å²) in [5, 5.41) is 8.84. The van der Waals surface area contributed by atoms with Crippen LogP contribution in [0.1, 0.15) is 27.6 Å². The minimum absolute atomic E-state index is 0.0112. The number of benzene rings is 1. The molecule has 1 aromatic carbocycles. The van der Waals surface area contributed by atoms with E-state index in [0.29, 0.717) is 0 Å². The van der Waals surface area contributed by atoms with Crippen molar-refractivity contribution in [2.75, 3.05) is 20.1 Å². The summed E-state index contributed by atoms with van der Waals surface area (Å²) in [6.45, 7) is 1.10. The largest absolute Gasteiger partial charge is 0.481 e. The van der Waals surface area contributed by atoms with E-state index in [4.69, 9.17) is 5.11 Å². The zero-order valence-electron chi connectivity index (χ0n) is 12.3. The number of nitrogens with zero attached hydrogens (tertiary/aromatic N) is 2. The van der Waals surface area contributed by atoms with E-state index < -0.39 is 36.2 Å². The summed E-state index contributed by atoms with van der Waals surface area (Å²) in [6.07, 6.45) is 0. The van der Waals surface area contributed by atoms with E-state index in [1.807, 2.05) is 0 Å². The molecule has 1 aromatic rings. The van der Waals surface area contributed by atoms with Crippen LogP contribution in [0.5, 0.6) is 0 Å². The molecule has 7 nitrogen and oxygen atoms in total. The molecule has 22 heavy (non-hydrogen) atoms. The Morgan fingerprint density at radius 1 is 1.18 bits per heavy atom. The quantitative estimate of drug-likeness (QED) is 0.797. The summed E-state index contributed by atoms with van der Waals surface area (Å²) in [4.78, 5) is 49.3. The Hall–Kier alpha value is -2.70. The molecule has 1 atom stereocenters. The first-order valence-corrected chi connectivity index (χ1v) is 6.75. The van der Waals surface area contributed by atoms with E-state index in [-0.39, 0.29) is 17.7 Å². The van der Waals surface area contributed by atoms with Gasteiger partial charge in [-0.2, -0.15) is 0 Å². The van der Waals surface area contributed by atoms with Gasteiger partial charge >= 0.3 is 5.97 Å². The summed E-state index contributed by atoms with van der Waals surface area (Å²) in [5.74, 6) is -3.23. The lowest BCUT2D eigenvalue weighted by atomic mass is 10.1. The van der Waals surface area contributed by atoms with Crippen LogP contribution >= 0.6 is 0 Å². The molecule has 0 fully saturated rings. The van der Waals surface area contributed by atoms with Gasteiger partial charge in [-0.15, -0.1) is 0 Å². The Morgan fingerprint density at radius 3 is 2.14 bits per heavy atom. The second kappa shape index (κ2) is 5.97. The lowest BCUT2D eigenvalue weighted by Crippen LogP contribution is -2.43. The van der Waals surface area contributed by atoms with Crippen molar-refractivity contribution >= 4 is 23.7 Å². The summed E-state index contributed by atoms with van der Waals surface area (Å²) in [7, 11) is 1.44. The fraction of sp³-hybridized carbons (Fsp3) is 0.333. The van der Waals surface area contributed by atoms with E-state index in [1.165, 1.54) is 31.0 Å². The van der Waals surface area contributed by atoms with Gasteiger partial charge in [-0.3, -0.25) is 24.1 Å². The van der Waals surface area contributed by atoms with Gasteiger partial charge in [-0.1, -0.05) is 19.1 Å². The van der Waals surface area contributed by atoms with E-state index in [2.05, 4.69) is 0 Å². The monoisotopic (exact) mass is 304 g/mol. The average molecular weight is 304 g/mol. The van der Waals surface area contributed by atoms with Gasteiger partial charge in [0.15, 0.2) is 0 Å². The van der Waals surface area contributed by atoms with Gasteiger partial charge in [-0.25, -0.2) is 0 Å². The molecule has 1 aliphatic heterocycles.